The van der Waals surface area contributed by atoms with Crippen molar-refractivity contribution in [2.24, 2.45) is 4.99 Å². The number of hydrogen-bond acceptors (Lipinski definition) is 2. The number of nitrogens with one attached hydrogen (secondary N) is 1. The normalized spacial score (nSPS) is 13.3. The lowest BCUT2D eigenvalue weighted by atomic mass is 10.2. The molecule has 0 radical (unpaired) electrons. The monoisotopic (exact) mass is 308 g/mol. The fraction of sp³-hybridized carbons (Fsp3) is 0.588. The van der Waals surface area contributed by atoms with Crippen molar-refractivity contribution in [1.29, 1.82) is 0 Å². The predicted molar refractivity (Wildman–Crippen MR) is 91.6 cm³/mol. The van der Waals surface area contributed by atoms with Gasteiger partial charge in [-0.2, -0.15) is 0 Å². The van der Waals surface area contributed by atoms with E-state index in [1.165, 1.54) is 6.07 Å². The Bertz CT molecular complexity index is 475. The second kappa shape index (κ2) is 9.41. The van der Waals surface area contributed by atoms with Gasteiger partial charge >= 0.3 is 0 Å². The molecule has 0 saturated carbocycles. The molecular weight excluding hydrogens is 279 g/mol. The van der Waals surface area contributed by atoms with Crippen LogP contribution in [0.3, 0.4) is 0 Å². The largest absolute Gasteiger partial charge is 0.355 e. The SMILES string of the molecule is CCC(C)N(C)CCNC(=NC)N(C)Cc1cccc(F)c1. The van der Waals surface area contributed by atoms with E-state index in [1.807, 2.05) is 18.0 Å². The summed E-state index contributed by atoms with van der Waals surface area (Å²) in [5, 5.41) is 3.35. The molecule has 0 amide bonds. The molecule has 0 saturated heterocycles. The van der Waals surface area contributed by atoms with Crippen LogP contribution in [0.1, 0.15) is 25.8 Å². The molecule has 1 N–H and O–H groups in total. The molecule has 1 aromatic carbocycles. The summed E-state index contributed by atoms with van der Waals surface area (Å²) in [7, 11) is 5.86. The van der Waals surface area contributed by atoms with Gasteiger partial charge < -0.3 is 15.1 Å². The molecule has 0 aliphatic rings. The Morgan fingerprint density at radius 3 is 2.68 bits per heavy atom. The number of benzene rings is 1. The lowest BCUT2D eigenvalue weighted by Gasteiger charge is -2.26. The van der Waals surface area contributed by atoms with Crippen LogP contribution in [0.4, 0.5) is 4.39 Å². The number of aliphatic imine (C=N–C) groups is 1. The summed E-state index contributed by atoms with van der Waals surface area (Å²) in [6, 6.07) is 7.25. The zero-order valence-corrected chi connectivity index (χ0v) is 14.4. The number of halogens is 1. The van der Waals surface area contributed by atoms with E-state index in [1.54, 1.807) is 19.2 Å². The second-order valence-corrected chi connectivity index (χ2v) is 5.70. The minimum absolute atomic E-state index is 0.205. The Balaban J connectivity index is 2.47. The fourth-order valence-corrected chi connectivity index (χ4v) is 2.24. The molecule has 0 bridgehead atoms. The average Bonchev–Trinajstić information content (AvgIpc) is 2.50. The summed E-state index contributed by atoms with van der Waals surface area (Å²) in [5.74, 6) is 0.617. The summed E-state index contributed by atoms with van der Waals surface area (Å²) in [5.41, 5.74) is 0.933. The topological polar surface area (TPSA) is 30.9 Å². The third-order valence-corrected chi connectivity index (χ3v) is 3.97. The molecule has 124 valence electrons. The summed E-state index contributed by atoms with van der Waals surface area (Å²) in [4.78, 5) is 8.61. The van der Waals surface area contributed by atoms with E-state index in [2.05, 4.69) is 36.1 Å². The first-order chi connectivity index (χ1) is 10.5. The fourth-order valence-electron chi connectivity index (χ4n) is 2.24. The van der Waals surface area contributed by atoms with Gasteiger partial charge in [-0.3, -0.25) is 4.99 Å². The van der Waals surface area contributed by atoms with Crippen molar-refractivity contribution >= 4 is 5.96 Å². The summed E-state index contributed by atoms with van der Waals surface area (Å²) < 4.78 is 13.2. The van der Waals surface area contributed by atoms with E-state index in [9.17, 15) is 4.39 Å². The first kappa shape index (κ1) is 18.4. The highest BCUT2D eigenvalue weighted by Crippen LogP contribution is 2.06. The third-order valence-electron chi connectivity index (χ3n) is 3.97. The van der Waals surface area contributed by atoms with Gasteiger partial charge in [0.05, 0.1) is 0 Å². The molecule has 0 aromatic heterocycles. The summed E-state index contributed by atoms with van der Waals surface area (Å²) in [6.45, 7) is 6.84. The van der Waals surface area contributed by atoms with Crippen LogP contribution < -0.4 is 5.32 Å². The molecule has 1 aromatic rings. The van der Waals surface area contributed by atoms with Crippen molar-refractivity contribution in [1.82, 2.24) is 15.1 Å². The molecule has 22 heavy (non-hydrogen) atoms. The lowest BCUT2D eigenvalue weighted by Crippen LogP contribution is -2.43. The van der Waals surface area contributed by atoms with Crippen molar-refractivity contribution < 1.29 is 4.39 Å². The number of rotatable bonds is 7. The van der Waals surface area contributed by atoms with Gasteiger partial charge in [-0.05, 0) is 38.1 Å². The lowest BCUT2D eigenvalue weighted by molar-refractivity contribution is 0.255. The highest BCUT2D eigenvalue weighted by Gasteiger charge is 2.09. The Morgan fingerprint density at radius 2 is 2.09 bits per heavy atom. The van der Waals surface area contributed by atoms with Crippen molar-refractivity contribution in [3.63, 3.8) is 0 Å². The molecule has 0 aliphatic heterocycles. The van der Waals surface area contributed by atoms with Crippen molar-refractivity contribution in [3.8, 4) is 0 Å². The van der Waals surface area contributed by atoms with Gasteiger partial charge in [0.2, 0.25) is 0 Å². The molecule has 0 spiro atoms. The summed E-state index contributed by atoms with van der Waals surface area (Å²) in [6.07, 6.45) is 1.14. The highest BCUT2D eigenvalue weighted by atomic mass is 19.1. The molecule has 0 fully saturated rings. The van der Waals surface area contributed by atoms with Gasteiger partial charge in [0, 0.05) is 39.8 Å². The van der Waals surface area contributed by atoms with E-state index in [-0.39, 0.29) is 5.82 Å². The Hall–Kier alpha value is -1.62. The molecular formula is C17H29FN4. The molecule has 1 rings (SSSR count). The van der Waals surface area contributed by atoms with Gasteiger partial charge in [-0.15, -0.1) is 0 Å². The zero-order chi connectivity index (χ0) is 16.5. The minimum atomic E-state index is -0.205. The zero-order valence-electron chi connectivity index (χ0n) is 14.4. The van der Waals surface area contributed by atoms with Crippen LogP contribution in [0.15, 0.2) is 29.3 Å². The molecule has 5 heteroatoms. The van der Waals surface area contributed by atoms with Gasteiger partial charge in [0.1, 0.15) is 5.82 Å². The van der Waals surface area contributed by atoms with E-state index in [4.69, 9.17) is 0 Å². The first-order valence-corrected chi connectivity index (χ1v) is 7.84. The molecule has 1 unspecified atom stereocenters. The molecule has 0 heterocycles. The van der Waals surface area contributed by atoms with Crippen LogP contribution in [0.5, 0.6) is 0 Å². The standard InChI is InChI=1S/C17H29FN4/c1-6-14(2)21(4)11-10-20-17(19-3)22(5)13-15-8-7-9-16(18)12-15/h7-9,12,14H,6,10-11,13H2,1-5H3,(H,19,20). The van der Waals surface area contributed by atoms with Crippen LogP contribution in [-0.2, 0) is 6.54 Å². The van der Waals surface area contributed by atoms with Crippen LogP contribution >= 0.6 is 0 Å². The van der Waals surface area contributed by atoms with Gasteiger partial charge in [-0.1, -0.05) is 19.1 Å². The quantitative estimate of drug-likeness (QED) is 0.620. The highest BCUT2D eigenvalue weighted by molar-refractivity contribution is 5.79. The van der Waals surface area contributed by atoms with Crippen LogP contribution in [0.25, 0.3) is 0 Å². The van der Waals surface area contributed by atoms with Crippen molar-refractivity contribution in [3.05, 3.63) is 35.6 Å². The van der Waals surface area contributed by atoms with Gasteiger partial charge in [0.25, 0.3) is 0 Å². The molecule has 1 atom stereocenters. The number of hydrogen-bond donors (Lipinski definition) is 1. The number of guanidine groups is 1. The third kappa shape index (κ3) is 6.02. The number of nitrogens with zero attached hydrogens (tertiary/aromatic N) is 3. The van der Waals surface area contributed by atoms with Gasteiger partial charge in [0.15, 0.2) is 5.96 Å². The second-order valence-electron chi connectivity index (χ2n) is 5.70. The summed E-state index contributed by atoms with van der Waals surface area (Å²) >= 11 is 0. The minimum Gasteiger partial charge on any atom is -0.355 e. The van der Waals surface area contributed by atoms with Crippen LogP contribution in [0, 0.1) is 5.82 Å². The average molecular weight is 308 g/mol. The van der Waals surface area contributed by atoms with Crippen LogP contribution in [0.2, 0.25) is 0 Å². The van der Waals surface area contributed by atoms with E-state index in [0.29, 0.717) is 12.6 Å². The maximum absolute atomic E-state index is 13.2. The van der Waals surface area contributed by atoms with Gasteiger partial charge in [-0.25, -0.2) is 4.39 Å². The van der Waals surface area contributed by atoms with E-state index >= 15 is 0 Å². The maximum atomic E-state index is 13.2. The maximum Gasteiger partial charge on any atom is 0.193 e. The Labute approximate surface area is 134 Å². The number of likely N-dealkylation sites (N-methyl/N-ethyl adjacent to an activating group) is 1. The predicted octanol–water partition coefficient (Wildman–Crippen LogP) is 2.56. The van der Waals surface area contributed by atoms with Crippen LogP contribution in [-0.4, -0.2) is 56.0 Å². The van der Waals surface area contributed by atoms with Crippen molar-refractivity contribution in [2.45, 2.75) is 32.9 Å². The Morgan fingerprint density at radius 1 is 1.36 bits per heavy atom. The van der Waals surface area contributed by atoms with E-state index < -0.39 is 0 Å². The molecule has 4 nitrogen and oxygen atoms in total. The van der Waals surface area contributed by atoms with E-state index in [0.717, 1.165) is 31.0 Å². The Kier molecular flexibility index (Phi) is 7.88. The molecule has 0 aliphatic carbocycles. The van der Waals surface area contributed by atoms with Crippen molar-refractivity contribution in [2.75, 3.05) is 34.2 Å². The first-order valence-electron chi connectivity index (χ1n) is 7.84. The smallest absolute Gasteiger partial charge is 0.193 e.